The molecule has 1 spiro atoms. The molecule has 1 unspecified atom stereocenters. The zero-order valence-corrected chi connectivity index (χ0v) is 5.41. The van der Waals surface area contributed by atoms with Crippen LogP contribution in [-0.4, -0.2) is 17.3 Å². The second-order valence-electron chi connectivity index (χ2n) is 2.12. The normalized spacial score (nSPS) is 43.0. The first-order valence-electron chi connectivity index (χ1n) is 2.87. The second kappa shape index (κ2) is 1.52. The summed E-state index contributed by atoms with van der Waals surface area (Å²) in [6.45, 7) is 0.939. The highest BCUT2D eigenvalue weighted by atomic mass is 32.2. The lowest BCUT2D eigenvalue weighted by molar-refractivity contribution is 0.0782. The van der Waals surface area contributed by atoms with Gasteiger partial charge in [-0.25, -0.2) is 0 Å². The van der Waals surface area contributed by atoms with Gasteiger partial charge in [-0.15, -0.1) is 11.8 Å². The maximum atomic E-state index is 5.45. The lowest BCUT2D eigenvalue weighted by Gasteiger charge is -2.28. The lowest BCUT2D eigenvalue weighted by Crippen LogP contribution is -2.25. The highest BCUT2D eigenvalue weighted by molar-refractivity contribution is 8.00. The molecule has 1 heterocycles. The van der Waals surface area contributed by atoms with Gasteiger partial charge >= 0.3 is 0 Å². The fourth-order valence-electron chi connectivity index (χ4n) is 0.995. The van der Waals surface area contributed by atoms with Crippen LogP contribution in [-0.2, 0) is 4.74 Å². The van der Waals surface area contributed by atoms with Crippen molar-refractivity contribution >= 4 is 11.8 Å². The van der Waals surface area contributed by atoms with Crippen LogP contribution < -0.4 is 0 Å². The van der Waals surface area contributed by atoms with Gasteiger partial charge in [0.15, 0.2) is 0 Å². The fourth-order valence-corrected chi connectivity index (χ4v) is 2.08. The Hall–Kier alpha value is 0.0500. The maximum Gasteiger partial charge on any atom is 0.135 e. The Balaban J connectivity index is 2.14. The Morgan fingerprint density at radius 1 is 1.62 bits per heavy atom. The number of rotatable bonds is 0. The summed E-state index contributed by atoms with van der Waals surface area (Å²) < 4.78 is 5.45. The van der Waals surface area contributed by atoms with Crippen molar-refractivity contribution < 1.29 is 4.74 Å². The number of ether oxygens (including phenoxy) is 1. The van der Waals surface area contributed by atoms with Crippen LogP contribution >= 0.6 is 11.8 Å². The van der Waals surface area contributed by atoms with E-state index in [9.17, 15) is 0 Å². The van der Waals surface area contributed by atoms with E-state index in [1.165, 1.54) is 5.75 Å². The average Bonchev–Trinajstić information content (AvgIpc) is 2.07. The van der Waals surface area contributed by atoms with Crippen LogP contribution in [0, 0.1) is 0 Å². The van der Waals surface area contributed by atoms with E-state index in [0.717, 1.165) is 13.0 Å². The number of hydrogen-bond acceptors (Lipinski definition) is 2. The minimum Gasteiger partial charge on any atom is -0.359 e. The van der Waals surface area contributed by atoms with Gasteiger partial charge < -0.3 is 4.74 Å². The summed E-state index contributed by atoms with van der Waals surface area (Å²) in [6, 6.07) is 0. The first-order chi connectivity index (χ1) is 3.91. The van der Waals surface area contributed by atoms with E-state index in [4.69, 9.17) is 4.74 Å². The van der Waals surface area contributed by atoms with Crippen LogP contribution in [0.5, 0.6) is 0 Å². The molecule has 0 aromatic carbocycles. The highest BCUT2D eigenvalue weighted by Gasteiger charge is 2.36. The Labute approximate surface area is 53.1 Å². The molecule has 2 rings (SSSR count). The predicted molar refractivity (Wildman–Crippen MR) is 34.9 cm³/mol. The van der Waals surface area contributed by atoms with E-state index in [-0.39, 0.29) is 4.93 Å². The summed E-state index contributed by atoms with van der Waals surface area (Å²) >= 11 is 1.92. The molecule has 1 nitrogen and oxygen atoms in total. The Morgan fingerprint density at radius 2 is 2.50 bits per heavy atom. The minimum atomic E-state index is 0.153. The molecule has 2 aliphatic rings. The topological polar surface area (TPSA) is 9.23 Å². The molecule has 8 heavy (non-hydrogen) atoms. The highest BCUT2D eigenvalue weighted by Crippen LogP contribution is 2.42. The van der Waals surface area contributed by atoms with Crippen LogP contribution in [0.4, 0.5) is 0 Å². The van der Waals surface area contributed by atoms with E-state index in [2.05, 4.69) is 12.2 Å². The van der Waals surface area contributed by atoms with Crippen LogP contribution in [0.3, 0.4) is 0 Å². The fraction of sp³-hybridized carbons (Fsp3) is 0.667. The van der Waals surface area contributed by atoms with Gasteiger partial charge in [-0.3, -0.25) is 0 Å². The van der Waals surface area contributed by atoms with Gasteiger partial charge in [-0.1, -0.05) is 6.08 Å². The van der Waals surface area contributed by atoms with Gasteiger partial charge in [0, 0.05) is 12.2 Å². The van der Waals surface area contributed by atoms with Crippen molar-refractivity contribution in [2.24, 2.45) is 0 Å². The second-order valence-corrected chi connectivity index (χ2v) is 3.50. The van der Waals surface area contributed by atoms with Crippen molar-refractivity contribution in [2.75, 3.05) is 12.4 Å². The van der Waals surface area contributed by atoms with Crippen LogP contribution in [0.15, 0.2) is 12.2 Å². The Kier molecular flexibility index (Phi) is 0.925. The van der Waals surface area contributed by atoms with Crippen molar-refractivity contribution in [3.8, 4) is 0 Å². The number of thioether (sulfide) groups is 1. The number of hydrogen-bond donors (Lipinski definition) is 0. The zero-order valence-electron chi connectivity index (χ0n) is 4.59. The molecule has 0 radical (unpaired) electrons. The summed E-state index contributed by atoms with van der Waals surface area (Å²) in [5.74, 6) is 1.17. The van der Waals surface area contributed by atoms with E-state index in [1.807, 2.05) is 11.8 Å². The third-order valence-corrected chi connectivity index (χ3v) is 2.83. The molecule has 0 aromatic rings. The van der Waals surface area contributed by atoms with Crippen molar-refractivity contribution in [1.29, 1.82) is 0 Å². The van der Waals surface area contributed by atoms with Gasteiger partial charge in [-0.05, 0) is 6.08 Å². The first kappa shape index (κ1) is 4.89. The van der Waals surface area contributed by atoms with Gasteiger partial charge in [0.2, 0.25) is 0 Å². The molecular weight excluding hydrogens is 120 g/mol. The average molecular weight is 128 g/mol. The molecule has 0 saturated carbocycles. The largest absolute Gasteiger partial charge is 0.359 e. The third kappa shape index (κ3) is 0.531. The minimum absolute atomic E-state index is 0.153. The summed E-state index contributed by atoms with van der Waals surface area (Å²) in [4.78, 5) is 0.153. The van der Waals surface area contributed by atoms with E-state index in [1.54, 1.807) is 0 Å². The summed E-state index contributed by atoms with van der Waals surface area (Å²) in [7, 11) is 0. The van der Waals surface area contributed by atoms with E-state index >= 15 is 0 Å². The van der Waals surface area contributed by atoms with Crippen LogP contribution in [0.2, 0.25) is 0 Å². The Morgan fingerprint density at radius 3 is 2.75 bits per heavy atom. The van der Waals surface area contributed by atoms with Crippen molar-refractivity contribution in [3.63, 3.8) is 0 Å². The van der Waals surface area contributed by atoms with Crippen molar-refractivity contribution in [1.82, 2.24) is 0 Å². The van der Waals surface area contributed by atoms with Gasteiger partial charge in [0.05, 0.1) is 6.61 Å². The third-order valence-electron chi connectivity index (χ3n) is 1.55. The molecule has 44 valence electrons. The van der Waals surface area contributed by atoms with E-state index in [0.29, 0.717) is 0 Å². The molecule has 1 aliphatic heterocycles. The lowest BCUT2D eigenvalue weighted by atomic mass is 10.1. The Bertz CT molecular complexity index is 124. The molecule has 1 fully saturated rings. The quantitative estimate of drug-likeness (QED) is 0.456. The standard InChI is InChI=1S/C6H8OS/c1-2-6(3-1)7-4-5-8-6/h1-2H,3-5H2. The first-order valence-corrected chi connectivity index (χ1v) is 3.86. The summed E-state index contributed by atoms with van der Waals surface area (Å²) in [6.07, 6.45) is 5.45. The van der Waals surface area contributed by atoms with Crippen molar-refractivity contribution in [3.05, 3.63) is 12.2 Å². The van der Waals surface area contributed by atoms with Crippen LogP contribution in [0.1, 0.15) is 6.42 Å². The molecule has 0 bridgehead atoms. The molecule has 0 amide bonds. The van der Waals surface area contributed by atoms with Crippen LogP contribution in [0.25, 0.3) is 0 Å². The summed E-state index contributed by atoms with van der Waals surface area (Å²) in [5.41, 5.74) is 0. The maximum absolute atomic E-state index is 5.45. The molecular formula is C6H8OS. The molecule has 1 aliphatic carbocycles. The monoisotopic (exact) mass is 128 g/mol. The van der Waals surface area contributed by atoms with E-state index < -0.39 is 0 Å². The molecule has 1 atom stereocenters. The van der Waals surface area contributed by atoms with Gasteiger partial charge in [0.1, 0.15) is 4.93 Å². The SMILES string of the molecule is C1=CC2(C1)OCCS2. The smallest absolute Gasteiger partial charge is 0.135 e. The molecule has 0 aromatic heterocycles. The molecule has 1 saturated heterocycles. The van der Waals surface area contributed by atoms with Crippen molar-refractivity contribution in [2.45, 2.75) is 11.4 Å². The van der Waals surface area contributed by atoms with Gasteiger partial charge in [0.25, 0.3) is 0 Å². The predicted octanol–water partition coefficient (Wildman–Crippen LogP) is 1.41. The van der Waals surface area contributed by atoms with Gasteiger partial charge in [-0.2, -0.15) is 0 Å². The molecule has 0 N–H and O–H groups in total. The summed E-state index contributed by atoms with van der Waals surface area (Å²) in [5, 5.41) is 0. The zero-order chi connectivity index (χ0) is 5.45. The molecule has 2 heteroatoms.